The first-order chi connectivity index (χ1) is 14.5. The number of para-hydroxylation sites is 1. The Morgan fingerprint density at radius 1 is 1.10 bits per heavy atom. The Balaban J connectivity index is 0.00000341. The number of hydrogen-bond acceptors (Lipinski definition) is 5. The molecule has 0 unspecified atom stereocenters. The summed E-state index contributed by atoms with van der Waals surface area (Å²) in [7, 11) is 4.06. The van der Waals surface area contributed by atoms with Crippen LogP contribution in [-0.4, -0.2) is 49.6 Å². The number of thiazole rings is 1. The number of ether oxygens (including phenoxy) is 1. The minimum absolute atomic E-state index is 0. The number of benzene rings is 2. The number of hydrogen-bond donors (Lipinski definition) is 0. The standard InChI is InChI=1S/C23H28ClN3O2S.ClH/c1-4-5-16-29-18-12-10-17(11-13-18)22(28)27(15-7-14-26(2)3)23-25-21-19(24)8-6-9-20(21)30-23;/h6,8-13H,4-5,7,14-16H2,1-3H3;1H. The molecule has 0 fully saturated rings. The van der Waals surface area contributed by atoms with Gasteiger partial charge in [0.15, 0.2) is 5.13 Å². The van der Waals surface area contributed by atoms with Gasteiger partial charge in [-0.3, -0.25) is 9.69 Å². The molecule has 0 aliphatic heterocycles. The van der Waals surface area contributed by atoms with Gasteiger partial charge < -0.3 is 9.64 Å². The molecule has 1 aromatic heterocycles. The molecule has 0 atom stereocenters. The molecule has 0 aliphatic carbocycles. The van der Waals surface area contributed by atoms with E-state index >= 15 is 0 Å². The van der Waals surface area contributed by atoms with Gasteiger partial charge in [0.05, 0.1) is 16.3 Å². The fourth-order valence-electron chi connectivity index (χ4n) is 3.03. The number of unbranched alkanes of at least 4 members (excludes halogenated alkanes) is 1. The summed E-state index contributed by atoms with van der Waals surface area (Å²) in [5.41, 5.74) is 1.36. The van der Waals surface area contributed by atoms with E-state index in [2.05, 4.69) is 16.8 Å². The third-order valence-corrected chi connectivity index (χ3v) is 6.04. The Hall–Kier alpha value is -1.86. The lowest BCUT2D eigenvalue weighted by atomic mass is 10.2. The molecule has 0 aliphatic rings. The SMILES string of the molecule is CCCCOc1ccc(C(=O)N(CCCN(C)C)c2nc3c(Cl)cccc3s2)cc1.Cl. The Morgan fingerprint density at radius 2 is 1.84 bits per heavy atom. The average molecular weight is 482 g/mol. The lowest BCUT2D eigenvalue weighted by molar-refractivity contribution is 0.0986. The minimum Gasteiger partial charge on any atom is -0.494 e. The monoisotopic (exact) mass is 481 g/mol. The number of amides is 1. The van der Waals surface area contributed by atoms with E-state index in [1.54, 1.807) is 4.90 Å². The molecule has 168 valence electrons. The van der Waals surface area contributed by atoms with E-state index in [-0.39, 0.29) is 18.3 Å². The highest BCUT2D eigenvalue weighted by Gasteiger charge is 2.22. The van der Waals surface area contributed by atoms with Gasteiger partial charge in [-0.1, -0.05) is 42.3 Å². The van der Waals surface area contributed by atoms with Crippen LogP contribution in [0.4, 0.5) is 5.13 Å². The molecule has 1 amide bonds. The van der Waals surface area contributed by atoms with Gasteiger partial charge in [-0.15, -0.1) is 12.4 Å². The molecule has 0 N–H and O–H groups in total. The number of nitrogens with zero attached hydrogens (tertiary/aromatic N) is 3. The summed E-state index contributed by atoms with van der Waals surface area (Å²) in [4.78, 5) is 21.9. The van der Waals surface area contributed by atoms with Crippen molar-refractivity contribution in [1.82, 2.24) is 9.88 Å². The van der Waals surface area contributed by atoms with Gasteiger partial charge in [0.2, 0.25) is 0 Å². The van der Waals surface area contributed by atoms with Crippen molar-refractivity contribution in [2.75, 3.05) is 38.7 Å². The molecule has 0 radical (unpaired) electrons. The molecule has 8 heteroatoms. The molecule has 31 heavy (non-hydrogen) atoms. The van der Waals surface area contributed by atoms with E-state index in [0.29, 0.717) is 28.9 Å². The minimum atomic E-state index is -0.0657. The Kier molecular flexibility index (Phi) is 10.0. The highest BCUT2D eigenvalue weighted by Crippen LogP contribution is 2.33. The number of halogens is 2. The highest BCUT2D eigenvalue weighted by molar-refractivity contribution is 7.22. The van der Waals surface area contributed by atoms with Crippen molar-refractivity contribution < 1.29 is 9.53 Å². The predicted octanol–water partition coefficient (Wildman–Crippen LogP) is 6.15. The van der Waals surface area contributed by atoms with E-state index in [0.717, 1.165) is 41.8 Å². The maximum absolute atomic E-state index is 13.4. The zero-order chi connectivity index (χ0) is 21.5. The predicted molar refractivity (Wildman–Crippen MR) is 134 cm³/mol. The topological polar surface area (TPSA) is 45.7 Å². The van der Waals surface area contributed by atoms with Crippen LogP contribution in [-0.2, 0) is 0 Å². The van der Waals surface area contributed by atoms with E-state index in [9.17, 15) is 4.79 Å². The Bertz CT molecular complexity index is 977. The fourth-order valence-corrected chi connectivity index (χ4v) is 4.32. The summed E-state index contributed by atoms with van der Waals surface area (Å²) in [6, 6.07) is 13.1. The van der Waals surface area contributed by atoms with E-state index in [1.165, 1.54) is 11.3 Å². The molecule has 3 rings (SSSR count). The molecular formula is C23H29Cl2N3O2S. The van der Waals surface area contributed by atoms with Crippen LogP contribution in [0.15, 0.2) is 42.5 Å². The van der Waals surface area contributed by atoms with Gasteiger partial charge in [-0.2, -0.15) is 0 Å². The molecule has 0 bridgehead atoms. The zero-order valence-corrected chi connectivity index (χ0v) is 20.5. The first-order valence-electron chi connectivity index (χ1n) is 10.2. The molecular weight excluding hydrogens is 453 g/mol. The van der Waals surface area contributed by atoms with Crippen molar-refractivity contribution in [3.8, 4) is 5.75 Å². The van der Waals surface area contributed by atoms with Crippen LogP contribution in [0.3, 0.4) is 0 Å². The van der Waals surface area contributed by atoms with Crippen LogP contribution < -0.4 is 9.64 Å². The number of carbonyl (C=O) groups excluding carboxylic acids is 1. The van der Waals surface area contributed by atoms with Crippen molar-refractivity contribution in [2.45, 2.75) is 26.2 Å². The van der Waals surface area contributed by atoms with Crippen molar-refractivity contribution in [3.05, 3.63) is 53.1 Å². The van der Waals surface area contributed by atoms with Crippen LogP contribution in [0.1, 0.15) is 36.5 Å². The average Bonchev–Trinajstić information content (AvgIpc) is 3.17. The number of fused-ring (bicyclic) bond motifs is 1. The van der Waals surface area contributed by atoms with Crippen molar-refractivity contribution in [1.29, 1.82) is 0 Å². The second kappa shape index (κ2) is 12.2. The number of aromatic nitrogens is 1. The molecule has 0 saturated carbocycles. The van der Waals surface area contributed by atoms with Gasteiger partial charge in [-0.05, 0) is 69.9 Å². The maximum Gasteiger partial charge on any atom is 0.260 e. The van der Waals surface area contributed by atoms with E-state index in [1.807, 2.05) is 56.6 Å². The van der Waals surface area contributed by atoms with Crippen molar-refractivity contribution >= 4 is 56.6 Å². The van der Waals surface area contributed by atoms with Gasteiger partial charge in [0, 0.05) is 12.1 Å². The Morgan fingerprint density at radius 3 is 2.48 bits per heavy atom. The summed E-state index contributed by atoms with van der Waals surface area (Å²) >= 11 is 7.80. The smallest absolute Gasteiger partial charge is 0.260 e. The summed E-state index contributed by atoms with van der Waals surface area (Å²) in [5.74, 6) is 0.718. The second-order valence-corrected chi connectivity index (χ2v) is 8.84. The van der Waals surface area contributed by atoms with Crippen molar-refractivity contribution in [2.24, 2.45) is 0 Å². The van der Waals surface area contributed by atoms with Crippen LogP contribution in [0.25, 0.3) is 10.2 Å². The first-order valence-corrected chi connectivity index (χ1v) is 11.4. The lowest BCUT2D eigenvalue weighted by Gasteiger charge is -2.21. The summed E-state index contributed by atoms with van der Waals surface area (Å²) in [6.07, 6.45) is 2.95. The number of rotatable bonds is 10. The molecule has 0 spiro atoms. The maximum atomic E-state index is 13.4. The quantitative estimate of drug-likeness (QED) is 0.325. The second-order valence-electron chi connectivity index (χ2n) is 7.42. The summed E-state index contributed by atoms with van der Waals surface area (Å²) in [5, 5.41) is 1.27. The molecule has 5 nitrogen and oxygen atoms in total. The largest absolute Gasteiger partial charge is 0.494 e. The van der Waals surface area contributed by atoms with Gasteiger partial charge in [-0.25, -0.2) is 4.98 Å². The lowest BCUT2D eigenvalue weighted by Crippen LogP contribution is -2.33. The van der Waals surface area contributed by atoms with Crippen LogP contribution >= 0.6 is 35.3 Å². The molecule has 3 aromatic rings. The molecule has 2 aromatic carbocycles. The fraction of sp³-hybridized carbons (Fsp3) is 0.391. The van der Waals surface area contributed by atoms with E-state index in [4.69, 9.17) is 16.3 Å². The third kappa shape index (κ3) is 6.81. The normalized spacial score (nSPS) is 10.9. The van der Waals surface area contributed by atoms with Crippen LogP contribution in [0, 0.1) is 0 Å². The summed E-state index contributed by atoms with van der Waals surface area (Å²) < 4.78 is 6.69. The van der Waals surface area contributed by atoms with Gasteiger partial charge in [0.25, 0.3) is 5.91 Å². The van der Waals surface area contributed by atoms with Crippen LogP contribution in [0.5, 0.6) is 5.75 Å². The van der Waals surface area contributed by atoms with Crippen molar-refractivity contribution in [3.63, 3.8) is 0 Å². The first kappa shape index (κ1) is 25.4. The van der Waals surface area contributed by atoms with Gasteiger partial charge in [0.1, 0.15) is 11.3 Å². The van der Waals surface area contributed by atoms with Gasteiger partial charge >= 0.3 is 0 Å². The van der Waals surface area contributed by atoms with Crippen LogP contribution in [0.2, 0.25) is 5.02 Å². The Labute approximate surface area is 199 Å². The zero-order valence-electron chi connectivity index (χ0n) is 18.1. The summed E-state index contributed by atoms with van der Waals surface area (Å²) in [6.45, 7) is 4.29. The number of carbonyl (C=O) groups is 1. The molecule has 0 saturated heterocycles. The number of anilines is 1. The third-order valence-electron chi connectivity index (χ3n) is 4.69. The molecule has 1 heterocycles. The van der Waals surface area contributed by atoms with E-state index < -0.39 is 0 Å². The highest BCUT2D eigenvalue weighted by atomic mass is 35.5.